The Labute approximate surface area is 262 Å². The summed E-state index contributed by atoms with van der Waals surface area (Å²) in [5.74, 6) is 0.480. The van der Waals surface area contributed by atoms with Crippen molar-refractivity contribution in [3.63, 3.8) is 0 Å². The third kappa shape index (κ3) is 10.1. The van der Waals surface area contributed by atoms with E-state index in [0.29, 0.717) is 38.3 Å². The highest BCUT2D eigenvalue weighted by molar-refractivity contribution is 5.94. The molecule has 1 heterocycles. The molecule has 0 spiro atoms. The van der Waals surface area contributed by atoms with Gasteiger partial charge < -0.3 is 14.4 Å². The zero-order valence-corrected chi connectivity index (χ0v) is 26.0. The van der Waals surface area contributed by atoms with Gasteiger partial charge in [-0.1, -0.05) is 80.4 Å². The summed E-state index contributed by atoms with van der Waals surface area (Å²) in [6, 6.07) is 31.7. The Kier molecular flexibility index (Phi) is 13.0. The number of esters is 1. The van der Waals surface area contributed by atoms with Crippen molar-refractivity contribution in [3.05, 3.63) is 120 Å². The first kappa shape index (κ1) is 32.5. The van der Waals surface area contributed by atoms with Gasteiger partial charge in [-0.05, 0) is 80.1 Å². The number of benzene rings is 3. The van der Waals surface area contributed by atoms with Crippen LogP contribution in [0.5, 0.6) is 5.75 Å². The number of hydrogen-bond acceptors (Lipinski definition) is 5. The maximum absolute atomic E-state index is 13.6. The SMILES string of the molecule is CCCCC(Cc1ccc(OCCN(CCCc2ccccc2)C(=O)c2ccc(-c3ccccn3)cc2)cc1)C(=O)OCC. The van der Waals surface area contributed by atoms with Gasteiger partial charge in [0.2, 0.25) is 0 Å². The van der Waals surface area contributed by atoms with Crippen LogP contribution < -0.4 is 4.74 Å². The molecule has 0 saturated carbocycles. The van der Waals surface area contributed by atoms with Crippen LogP contribution in [0, 0.1) is 5.92 Å². The molecule has 0 aliphatic carbocycles. The quantitative estimate of drug-likeness (QED) is 0.117. The van der Waals surface area contributed by atoms with E-state index in [-0.39, 0.29) is 17.8 Å². The second-order valence-electron chi connectivity index (χ2n) is 11.0. The van der Waals surface area contributed by atoms with Gasteiger partial charge in [0.1, 0.15) is 12.4 Å². The van der Waals surface area contributed by atoms with Crippen LogP contribution in [0.25, 0.3) is 11.3 Å². The third-order valence-electron chi connectivity index (χ3n) is 7.68. The lowest BCUT2D eigenvalue weighted by atomic mass is 9.94. The Hall–Kier alpha value is -4.45. The van der Waals surface area contributed by atoms with Crippen LogP contribution in [-0.4, -0.2) is 48.1 Å². The number of rotatable bonds is 17. The van der Waals surface area contributed by atoms with Crippen molar-refractivity contribution in [2.75, 3.05) is 26.3 Å². The predicted octanol–water partition coefficient (Wildman–Crippen LogP) is 7.81. The summed E-state index contributed by atoms with van der Waals surface area (Å²) >= 11 is 0. The zero-order valence-electron chi connectivity index (χ0n) is 26.0. The van der Waals surface area contributed by atoms with E-state index < -0.39 is 0 Å². The predicted molar refractivity (Wildman–Crippen MR) is 176 cm³/mol. The van der Waals surface area contributed by atoms with Crippen molar-refractivity contribution >= 4 is 11.9 Å². The number of hydrogen-bond donors (Lipinski definition) is 0. The minimum absolute atomic E-state index is 0.0123. The molecule has 4 rings (SSSR count). The molecule has 0 bridgehead atoms. The number of carbonyl (C=O) groups is 2. The van der Waals surface area contributed by atoms with Gasteiger partial charge in [0.05, 0.1) is 24.8 Å². The fraction of sp³-hybridized carbons (Fsp3) is 0.342. The maximum atomic E-state index is 13.6. The van der Waals surface area contributed by atoms with Gasteiger partial charge in [0.25, 0.3) is 5.91 Å². The molecule has 1 aromatic heterocycles. The van der Waals surface area contributed by atoms with Crippen molar-refractivity contribution in [2.24, 2.45) is 5.92 Å². The van der Waals surface area contributed by atoms with Crippen LogP contribution in [0.2, 0.25) is 0 Å². The molecule has 0 radical (unpaired) electrons. The minimum atomic E-state index is -0.129. The molecule has 0 aliphatic heterocycles. The standard InChI is InChI=1S/C38H44N2O4/c1-3-5-15-34(38(42)43-4-2)29-31-17-23-35(24-18-31)44-28-27-40(26-11-14-30-12-7-6-8-13-30)37(41)33-21-19-32(20-22-33)36-16-9-10-25-39-36/h6-10,12-13,16-25,34H,3-5,11,14-15,26-29H2,1-2H3. The molecule has 44 heavy (non-hydrogen) atoms. The Balaban J connectivity index is 1.36. The van der Waals surface area contributed by atoms with Gasteiger partial charge in [-0.2, -0.15) is 0 Å². The lowest BCUT2D eigenvalue weighted by Crippen LogP contribution is -2.35. The molecule has 0 saturated heterocycles. The molecule has 1 unspecified atom stereocenters. The normalized spacial score (nSPS) is 11.5. The average Bonchev–Trinajstić information content (AvgIpc) is 3.07. The molecular formula is C38H44N2O4. The van der Waals surface area contributed by atoms with Gasteiger partial charge in [0, 0.05) is 23.9 Å². The molecule has 0 aliphatic rings. The van der Waals surface area contributed by atoms with E-state index in [4.69, 9.17) is 9.47 Å². The summed E-state index contributed by atoms with van der Waals surface area (Å²) in [6.45, 7) is 5.86. The van der Waals surface area contributed by atoms with Crippen LogP contribution in [-0.2, 0) is 22.4 Å². The number of aryl methyl sites for hydroxylation is 1. The molecule has 6 heteroatoms. The number of ether oxygens (including phenoxy) is 2. The molecule has 3 aromatic carbocycles. The highest BCUT2D eigenvalue weighted by atomic mass is 16.5. The van der Waals surface area contributed by atoms with Gasteiger partial charge >= 0.3 is 5.97 Å². The molecule has 0 N–H and O–H groups in total. The highest BCUT2D eigenvalue weighted by Crippen LogP contribution is 2.21. The van der Waals surface area contributed by atoms with Gasteiger partial charge in [0.15, 0.2) is 0 Å². The topological polar surface area (TPSA) is 68.7 Å². The fourth-order valence-corrected chi connectivity index (χ4v) is 5.23. The second-order valence-corrected chi connectivity index (χ2v) is 11.0. The summed E-state index contributed by atoms with van der Waals surface area (Å²) in [5, 5.41) is 0. The third-order valence-corrected chi connectivity index (χ3v) is 7.68. The highest BCUT2D eigenvalue weighted by Gasteiger charge is 2.20. The van der Waals surface area contributed by atoms with Gasteiger partial charge in [-0.25, -0.2) is 0 Å². The molecule has 1 atom stereocenters. The van der Waals surface area contributed by atoms with Crippen molar-refractivity contribution in [2.45, 2.75) is 52.4 Å². The Morgan fingerprint density at radius 1 is 0.795 bits per heavy atom. The number of aromatic nitrogens is 1. The maximum Gasteiger partial charge on any atom is 0.309 e. The summed E-state index contributed by atoms with van der Waals surface area (Å²) in [4.78, 5) is 32.3. The van der Waals surface area contributed by atoms with E-state index in [0.717, 1.165) is 54.7 Å². The lowest BCUT2D eigenvalue weighted by molar-refractivity contribution is -0.148. The number of amides is 1. The summed E-state index contributed by atoms with van der Waals surface area (Å²) in [5.41, 5.74) is 4.84. The first-order valence-corrected chi connectivity index (χ1v) is 15.8. The fourth-order valence-electron chi connectivity index (χ4n) is 5.23. The summed E-state index contributed by atoms with van der Waals surface area (Å²) < 4.78 is 11.4. The van der Waals surface area contributed by atoms with Crippen LogP contribution in [0.3, 0.4) is 0 Å². The summed E-state index contributed by atoms with van der Waals surface area (Å²) in [6.07, 6.45) is 7.05. The number of carbonyl (C=O) groups excluding carboxylic acids is 2. The molecule has 4 aromatic rings. The molecular weight excluding hydrogens is 548 g/mol. The van der Waals surface area contributed by atoms with Crippen LogP contribution in [0.15, 0.2) is 103 Å². The van der Waals surface area contributed by atoms with Crippen molar-refractivity contribution in [1.29, 1.82) is 0 Å². The van der Waals surface area contributed by atoms with Crippen LogP contribution in [0.4, 0.5) is 0 Å². The average molecular weight is 593 g/mol. The lowest BCUT2D eigenvalue weighted by Gasteiger charge is -2.23. The zero-order chi connectivity index (χ0) is 31.0. The first-order chi connectivity index (χ1) is 21.6. The van der Waals surface area contributed by atoms with E-state index in [2.05, 4.69) is 24.0 Å². The van der Waals surface area contributed by atoms with E-state index >= 15 is 0 Å². The Bertz CT molecular complexity index is 1410. The van der Waals surface area contributed by atoms with E-state index in [9.17, 15) is 9.59 Å². The van der Waals surface area contributed by atoms with Gasteiger partial charge in [-0.3, -0.25) is 14.6 Å². The largest absolute Gasteiger partial charge is 0.492 e. The molecule has 6 nitrogen and oxygen atoms in total. The number of pyridine rings is 1. The van der Waals surface area contributed by atoms with E-state index in [1.54, 1.807) is 6.20 Å². The monoisotopic (exact) mass is 592 g/mol. The molecule has 0 fully saturated rings. The van der Waals surface area contributed by atoms with E-state index in [1.165, 1.54) is 5.56 Å². The first-order valence-electron chi connectivity index (χ1n) is 15.8. The van der Waals surface area contributed by atoms with Crippen molar-refractivity contribution in [1.82, 2.24) is 9.88 Å². The van der Waals surface area contributed by atoms with Crippen molar-refractivity contribution in [3.8, 4) is 17.0 Å². The van der Waals surface area contributed by atoms with Crippen molar-refractivity contribution < 1.29 is 19.1 Å². The Morgan fingerprint density at radius 2 is 1.55 bits per heavy atom. The molecule has 1 amide bonds. The van der Waals surface area contributed by atoms with Gasteiger partial charge in [-0.15, -0.1) is 0 Å². The van der Waals surface area contributed by atoms with Crippen LogP contribution in [0.1, 0.15) is 61.0 Å². The smallest absolute Gasteiger partial charge is 0.309 e. The summed E-state index contributed by atoms with van der Waals surface area (Å²) in [7, 11) is 0. The number of unbranched alkanes of at least 4 members (excludes halogenated alkanes) is 1. The Morgan fingerprint density at radius 3 is 2.23 bits per heavy atom. The van der Waals surface area contributed by atoms with E-state index in [1.807, 2.05) is 96.8 Å². The second kappa shape index (κ2) is 17.6. The minimum Gasteiger partial charge on any atom is -0.492 e. The molecule has 230 valence electrons. The number of nitrogens with zero attached hydrogens (tertiary/aromatic N) is 2. The van der Waals surface area contributed by atoms with Crippen LogP contribution >= 0.6 is 0 Å².